The van der Waals surface area contributed by atoms with Crippen LogP contribution in [-0.4, -0.2) is 16.7 Å². The van der Waals surface area contributed by atoms with Crippen LogP contribution in [0.2, 0.25) is 0 Å². The van der Waals surface area contributed by atoms with Crippen molar-refractivity contribution in [1.82, 2.24) is 9.55 Å². The Hall–Kier alpha value is -2.57. The molecule has 4 rings (SSSR count). The standard InChI is InChI=1S/C24H21BrN2O2S/c1-16-7-3-4-9-18(16)15-30-24-26-21-12-11-19(25)13-20(21)23(28)27(24)14-17-8-5-6-10-22(17)29-2/h3-13H,14-15H2,1-2H3. The summed E-state index contributed by atoms with van der Waals surface area (Å²) in [6, 6.07) is 21.7. The molecule has 0 aliphatic heterocycles. The summed E-state index contributed by atoms with van der Waals surface area (Å²) in [4.78, 5) is 18.3. The third-order valence-electron chi connectivity index (χ3n) is 5.02. The van der Waals surface area contributed by atoms with Gasteiger partial charge in [0.1, 0.15) is 5.75 Å². The van der Waals surface area contributed by atoms with E-state index in [4.69, 9.17) is 9.72 Å². The summed E-state index contributed by atoms with van der Waals surface area (Å²) in [5.41, 5.74) is 4.05. The maximum atomic E-state index is 13.4. The van der Waals surface area contributed by atoms with E-state index in [0.717, 1.165) is 21.5 Å². The number of rotatable bonds is 6. The van der Waals surface area contributed by atoms with Gasteiger partial charge in [-0.1, -0.05) is 70.2 Å². The lowest BCUT2D eigenvalue weighted by Gasteiger charge is -2.15. The Kier molecular flexibility index (Phi) is 6.25. The van der Waals surface area contributed by atoms with Crippen LogP contribution in [0.5, 0.6) is 5.75 Å². The molecule has 1 aromatic heterocycles. The Balaban J connectivity index is 1.80. The van der Waals surface area contributed by atoms with E-state index >= 15 is 0 Å². The van der Waals surface area contributed by atoms with Gasteiger partial charge in [-0.25, -0.2) is 4.98 Å². The van der Waals surface area contributed by atoms with E-state index in [1.807, 2.05) is 54.6 Å². The number of benzene rings is 3. The summed E-state index contributed by atoms with van der Waals surface area (Å²) in [6.07, 6.45) is 0. The number of nitrogens with zero attached hydrogens (tertiary/aromatic N) is 2. The quantitative estimate of drug-likeness (QED) is 0.257. The Morgan fingerprint density at radius 3 is 2.53 bits per heavy atom. The highest BCUT2D eigenvalue weighted by atomic mass is 79.9. The van der Waals surface area contributed by atoms with Crippen LogP contribution in [-0.2, 0) is 12.3 Å². The average molecular weight is 481 g/mol. The highest BCUT2D eigenvalue weighted by molar-refractivity contribution is 9.10. The summed E-state index contributed by atoms with van der Waals surface area (Å²) in [5.74, 6) is 1.50. The molecule has 0 aliphatic carbocycles. The van der Waals surface area contributed by atoms with Crippen molar-refractivity contribution >= 4 is 38.6 Å². The number of fused-ring (bicyclic) bond motifs is 1. The van der Waals surface area contributed by atoms with E-state index in [1.54, 1.807) is 23.4 Å². The van der Waals surface area contributed by atoms with Crippen molar-refractivity contribution in [2.24, 2.45) is 0 Å². The fourth-order valence-corrected chi connectivity index (χ4v) is 4.78. The van der Waals surface area contributed by atoms with E-state index in [-0.39, 0.29) is 5.56 Å². The first-order valence-corrected chi connectivity index (χ1v) is 11.3. The smallest absolute Gasteiger partial charge is 0.262 e. The number of methoxy groups -OCH3 is 1. The SMILES string of the molecule is COc1ccccc1Cn1c(SCc2ccccc2C)nc2ccc(Br)cc2c1=O. The van der Waals surface area contributed by atoms with Crippen LogP contribution >= 0.6 is 27.7 Å². The van der Waals surface area contributed by atoms with Gasteiger partial charge < -0.3 is 4.74 Å². The van der Waals surface area contributed by atoms with Gasteiger partial charge in [0.15, 0.2) is 5.16 Å². The molecule has 0 amide bonds. The zero-order chi connectivity index (χ0) is 21.1. The molecule has 0 unspecified atom stereocenters. The Bertz CT molecular complexity index is 1270. The van der Waals surface area contributed by atoms with Gasteiger partial charge in [-0.3, -0.25) is 9.36 Å². The van der Waals surface area contributed by atoms with E-state index in [9.17, 15) is 4.79 Å². The van der Waals surface area contributed by atoms with Gasteiger partial charge in [-0.2, -0.15) is 0 Å². The summed E-state index contributed by atoms with van der Waals surface area (Å²) in [7, 11) is 1.64. The predicted octanol–water partition coefficient (Wildman–Crippen LogP) is 5.82. The monoisotopic (exact) mass is 480 g/mol. The molecular weight excluding hydrogens is 460 g/mol. The van der Waals surface area contributed by atoms with Crippen LogP contribution in [0.3, 0.4) is 0 Å². The molecule has 0 fully saturated rings. The third kappa shape index (κ3) is 4.30. The van der Waals surface area contributed by atoms with E-state index in [2.05, 4.69) is 35.0 Å². The first kappa shape index (κ1) is 20.7. The molecule has 6 heteroatoms. The zero-order valence-corrected chi connectivity index (χ0v) is 19.2. The van der Waals surface area contributed by atoms with Crippen LogP contribution in [0.25, 0.3) is 10.9 Å². The van der Waals surface area contributed by atoms with E-state index in [1.165, 1.54) is 11.1 Å². The van der Waals surface area contributed by atoms with Crippen molar-refractivity contribution in [3.8, 4) is 5.75 Å². The lowest BCUT2D eigenvalue weighted by molar-refractivity contribution is 0.407. The lowest BCUT2D eigenvalue weighted by atomic mass is 10.1. The molecule has 1 heterocycles. The second kappa shape index (κ2) is 9.06. The summed E-state index contributed by atoms with van der Waals surface area (Å²) >= 11 is 5.05. The second-order valence-corrected chi connectivity index (χ2v) is 8.83. The first-order chi connectivity index (χ1) is 14.6. The number of aryl methyl sites for hydroxylation is 1. The fourth-order valence-electron chi connectivity index (χ4n) is 3.34. The Morgan fingerprint density at radius 2 is 1.77 bits per heavy atom. The van der Waals surface area contributed by atoms with Gasteiger partial charge >= 0.3 is 0 Å². The predicted molar refractivity (Wildman–Crippen MR) is 127 cm³/mol. The molecule has 0 saturated heterocycles. The van der Waals surface area contributed by atoms with Crippen LogP contribution in [0.15, 0.2) is 81.2 Å². The Morgan fingerprint density at radius 1 is 1.03 bits per heavy atom. The van der Waals surface area contributed by atoms with Gasteiger partial charge in [0.2, 0.25) is 0 Å². The third-order valence-corrected chi connectivity index (χ3v) is 6.54. The van der Waals surface area contributed by atoms with Gasteiger partial charge in [0, 0.05) is 15.8 Å². The van der Waals surface area contributed by atoms with Crippen LogP contribution < -0.4 is 10.3 Å². The molecular formula is C24H21BrN2O2S. The average Bonchev–Trinajstić information content (AvgIpc) is 2.76. The molecule has 30 heavy (non-hydrogen) atoms. The molecule has 4 aromatic rings. The van der Waals surface area contributed by atoms with E-state index < -0.39 is 0 Å². The van der Waals surface area contributed by atoms with Gasteiger partial charge in [-0.05, 0) is 42.3 Å². The van der Waals surface area contributed by atoms with E-state index in [0.29, 0.717) is 22.6 Å². The molecule has 0 spiro atoms. The van der Waals surface area contributed by atoms with Crippen LogP contribution in [0, 0.1) is 6.92 Å². The molecule has 0 radical (unpaired) electrons. The molecule has 4 nitrogen and oxygen atoms in total. The van der Waals surface area contributed by atoms with Crippen molar-refractivity contribution in [3.05, 3.63) is 98.2 Å². The van der Waals surface area contributed by atoms with Crippen LogP contribution in [0.4, 0.5) is 0 Å². The topological polar surface area (TPSA) is 44.1 Å². The largest absolute Gasteiger partial charge is 0.496 e. The van der Waals surface area contributed by atoms with Crippen molar-refractivity contribution in [2.75, 3.05) is 7.11 Å². The number of halogens is 1. The van der Waals surface area contributed by atoms with Crippen molar-refractivity contribution in [1.29, 1.82) is 0 Å². The van der Waals surface area contributed by atoms with Crippen molar-refractivity contribution in [3.63, 3.8) is 0 Å². The normalized spacial score (nSPS) is 11.0. The molecule has 0 saturated carbocycles. The van der Waals surface area contributed by atoms with Crippen molar-refractivity contribution in [2.45, 2.75) is 24.4 Å². The maximum Gasteiger partial charge on any atom is 0.262 e. The number of ether oxygens (including phenoxy) is 1. The highest BCUT2D eigenvalue weighted by Gasteiger charge is 2.15. The summed E-state index contributed by atoms with van der Waals surface area (Å²) in [5, 5.41) is 1.29. The van der Waals surface area contributed by atoms with Crippen LogP contribution in [0.1, 0.15) is 16.7 Å². The minimum atomic E-state index is -0.0560. The number of hydrogen-bond donors (Lipinski definition) is 0. The number of hydrogen-bond acceptors (Lipinski definition) is 4. The molecule has 152 valence electrons. The second-order valence-electron chi connectivity index (χ2n) is 6.97. The number of aromatic nitrogens is 2. The highest BCUT2D eigenvalue weighted by Crippen LogP contribution is 2.26. The zero-order valence-electron chi connectivity index (χ0n) is 16.8. The minimum Gasteiger partial charge on any atom is -0.496 e. The number of para-hydroxylation sites is 1. The molecule has 0 atom stereocenters. The number of thioether (sulfide) groups is 1. The van der Waals surface area contributed by atoms with Gasteiger partial charge in [0.25, 0.3) is 5.56 Å². The Labute approximate surface area is 188 Å². The molecule has 3 aromatic carbocycles. The lowest BCUT2D eigenvalue weighted by Crippen LogP contribution is -2.24. The molecule has 0 N–H and O–H groups in total. The fraction of sp³-hybridized carbons (Fsp3) is 0.167. The van der Waals surface area contributed by atoms with Crippen molar-refractivity contribution < 1.29 is 4.74 Å². The van der Waals surface area contributed by atoms with Gasteiger partial charge in [0.05, 0.1) is 24.6 Å². The minimum absolute atomic E-state index is 0.0560. The molecule has 0 bridgehead atoms. The molecule has 0 aliphatic rings. The first-order valence-electron chi connectivity index (χ1n) is 9.56. The summed E-state index contributed by atoms with van der Waals surface area (Å²) in [6.45, 7) is 2.50. The maximum absolute atomic E-state index is 13.4. The summed E-state index contributed by atoms with van der Waals surface area (Å²) < 4.78 is 8.10. The van der Waals surface area contributed by atoms with Gasteiger partial charge in [-0.15, -0.1) is 0 Å².